The Bertz CT molecular complexity index is 345. The lowest BCUT2D eigenvalue weighted by molar-refractivity contribution is 0.291. The summed E-state index contributed by atoms with van der Waals surface area (Å²) in [6.45, 7) is 2.85. The number of nitrogens with two attached hydrogens (primary N) is 1. The first-order valence-corrected chi connectivity index (χ1v) is 6.56. The van der Waals surface area contributed by atoms with E-state index in [1.54, 1.807) is 0 Å². The van der Waals surface area contributed by atoms with Crippen LogP contribution < -0.4 is 15.2 Å². The van der Waals surface area contributed by atoms with Crippen molar-refractivity contribution in [1.29, 1.82) is 0 Å². The van der Waals surface area contributed by atoms with Crippen LogP contribution in [0, 0.1) is 0 Å². The second-order valence-electron chi connectivity index (χ2n) is 4.22. The molecule has 0 bridgehead atoms. The Labute approximate surface area is 109 Å². The molecule has 0 atom stereocenters. The molecule has 1 aromatic rings. The van der Waals surface area contributed by atoms with E-state index in [-0.39, 0.29) is 0 Å². The molecule has 0 aliphatic rings. The Hall–Kier alpha value is -1.52. The van der Waals surface area contributed by atoms with Crippen LogP contribution in [0.1, 0.15) is 45.4 Å². The summed E-state index contributed by atoms with van der Waals surface area (Å²) in [6.07, 6.45) is 8.76. The van der Waals surface area contributed by atoms with E-state index in [0.29, 0.717) is 24.1 Å². The first kappa shape index (κ1) is 14.5. The Morgan fingerprint density at radius 3 is 2.44 bits per heavy atom. The zero-order chi connectivity index (χ0) is 13.2. The fourth-order valence-electron chi connectivity index (χ4n) is 1.69. The summed E-state index contributed by atoms with van der Waals surface area (Å²) in [7, 11) is 1.52. The van der Waals surface area contributed by atoms with Crippen LogP contribution in [0.5, 0.6) is 11.8 Å². The van der Waals surface area contributed by atoms with E-state index in [9.17, 15) is 0 Å². The van der Waals surface area contributed by atoms with E-state index in [4.69, 9.17) is 15.2 Å². The number of methoxy groups -OCH3 is 1. The van der Waals surface area contributed by atoms with Crippen LogP contribution in [0.15, 0.2) is 6.33 Å². The fourth-order valence-corrected chi connectivity index (χ4v) is 1.69. The molecular weight excluding hydrogens is 230 g/mol. The van der Waals surface area contributed by atoms with Gasteiger partial charge in [0.05, 0.1) is 13.7 Å². The maximum absolute atomic E-state index is 5.80. The molecule has 0 fully saturated rings. The van der Waals surface area contributed by atoms with Gasteiger partial charge in [0.1, 0.15) is 6.33 Å². The molecule has 0 saturated heterocycles. The van der Waals surface area contributed by atoms with E-state index in [0.717, 1.165) is 6.42 Å². The van der Waals surface area contributed by atoms with Crippen LogP contribution in [-0.4, -0.2) is 23.7 Å². The number of hydrogen-bond donors (Lipinski definition) is 1. The van der Waals surface area contributed by atoms with Crippen LogP contribution in [-0.2, 0) is 0 Å². The van der Waals surface area contributed by atoms with Crippen molar-refractivity contribution in [2.24, 2.45) is 0 Å². The third-order valence-electron chi connectivity index (χ3n) is 2.74. The first-order chi connectivity index (χ1) is 8.79. The second-order valence-corrected chi connectivity index (χ2v) is 4.22. The Morgan fingerprint density at radius 1 is 1.06 bits per heavy atom. The fraction of sp³-hybridized carbons (Fsp3) is 0.692. The monoisotopic (exact) mass is 253 g/mol. The zero-order valence-electron chi connectivity index (χ0n) is 11.3. The van der Waals surface area contributed by atoms with Gasteiger partial charge in [0.25, 0.3) is 0 Å². The molecular formula is C13H23N3O2. The minimum atomic E-state index is 0.364. The summed E-state index contributed by atoms with van der Waals surface area (Å²) < 4.78 is 10.5. The van der Waals surface area contributed by atoms with Crippen molar-refractivity contribution in [3.05, 3.63) is 6.33 Å². The SMILES string of the molecule is CCCCCCCCOc1ncnc(OC)c1N. The lowest BCUT2D eigenvalue weighted by atomic mass is 10.1. The van der Waals surface area contributed by atoms with Gasteiger partial charge in [0.2, 0.25) is 11.8 Å². The maximum Gasteiger partial charge on any atom is 0.244 e. The molecule has 1 heterocycles. The summed E-state index contributed by atoms with van der Waals surface area (Å²) in [5.74, 6) is 0.776. The molecule has 0 unspecified atom stereocenters. The first-order valence-electron chi connectivity index (χ1n) is 6.56. The van der Waals surface area contributed by atoms with E-state index in [1.807, 2.05) is 0 Å². The van der Waals surface area contributed by atoms with Gasteiger partial charge in [-0.2, -0.15) is 9.97 Å². The molecule has 1 aromatic heterocycles. The number of nitrogen functional groups attached to an aromatic ring is 1. The third kappa shape index (κ3) is 4.77. The summed E-state index contributed by atoms with van der Waals surface area (Å²) in [4.78, 5) is 7.89. The van der Waals surface area contributed by atoms with Crippen molar-refractivity contribution in [1.82, 2.24) is 9.97 Å². The zero-order valence-corrected chi connectivity index (χ0v) is 11.3. The number of nitrogens with zero attached hydrogens (tertiary/aromatic N) is 2. The average Bonchev–Trinajstić information content (AvgIpc) is 2.39. The molecule has 2 N–H and O–H groups in total. The summed E-state index contributed by atoms with van der Waals surface area (Å²) in [6, 6.07) is 0. The van der Waals surface area contributed by atoms with Gasteiger partial charge in [-0.1, -0.05) is 39.0 Å². The highest BCUT2D eigenvalue weighted by molar-refractivity contribution is 5.55. The maximum atomic E-state index is 5.80. The van der Waals surface area contributed by atoms with Crippen LogP contribution >= 0.6 is 0 Å². The van der Waals surface area contributed by atoms with Gasteiger partial charge in [-0.25, -0.2) is 0 Å². The lowest BCUT2D eigenvalue weighted by Crippen LogP contribution is -2.05. The Morgan fingerprint density at radius 2 is 1.72 bits per heavy atom. The molecule has 5 nitrogen and oxygen atoms in total. The molecule has 18 heavy (non-hydrogen) atoms. The van der Waals surface area contributed by atoms with Gasteiger partial charge < -0.3 is 15.2 Å². The Kier molecular flexibility index (Phi) is 6.91. The Balaban J connectivity index is 2.23. The number of anilines is 1. The van der Waals surface area contributed by atoms with Gasteiger partial charge in [-0.05, 0) is 6.42 Å². The van der Waals surface area contributed by atoms with Crippen molar-refractivity contribution in [2.45, 2.75) is 45.4 Å². The quantitative estimate of drug-likeness (QED) is 0.685. The summed E-state index contributed by atoms with van der Waals surface area (Å²) in [5.41, 5.74) is 6.17. The molecule has 0 aromatic carbocycles. The van der Waals surface area contributed by atoms with Crippen molar-refractivity contribution in [3.8, 4) is 11.8 Å². The van der Waals surface area contributed by atoms with Crippen LogP contribution in [0.25, 0.3) is 0 Å². The highest BCUT2D eigenvalue weighted by atomic mass is 16.5. The number of ether oxygens (including phenoxy) is 2. The predicted molar refractivity (Wildman–Crippen MR) is 71.9 cm³/mol. The third-order valence-corrected chi connectivity index (χ3v) is 2.74. The largest absolute Gasteiger partial charge is 0.479 e. The summed E-state index contributed by atoms with van der Waals surface area (Å²) in [5, 5.41) is 0. The van der Waals surface area contributed by atoms with Gasteiger partial charge in [-0.15, -0.1) is 0 Å². The molecule has 102 valence electrons. The molecule has 0 saturated carbocycles. The highest BCUT2D eigenvalue weighted by Crippen LogP contribution is 2.26. The van der Waals surface area contributed by atoms with Crippen molar-refractivity contribution >= 4 is 5.69 Å². The molecule has 0 spiro atoms. The normalized spacial score (nSPS) is 10.3. The average molecular weight is 253 g/mol. The number of rotatable bonds is 9. The van der Waals surface area contributed by atoms with Crippen molar-refractivity contribution in [3.63, 3.8) is 0 Å². The van der Waals surface area contributed by atoms with Crippen LogP contribution in [0.3, 0.4) is 0 Å². The minimum absolute atomic E-state index is 0.364. The molecule has 0 amide bonds. The smallest absolute Gasteiger partial charge is 0.244 e. The summed E-state index contributed by atoms with van der Waals surface area (Å²) >= 11 is 0. The van der Waals surface area contributed by atoms with E-state index in [1.165, 1.54) is 45.5 Å². The van der Waals surface area contributed by atoms with E-state index >= 15 is 0 Å². The van der Waals surface area contributed by atoms with Crippen LogP contribution in [0.4, 0.5) is 5.69 Å². The molecule has 0 aliphatic carbocycles. The van der Waals surface area contributed by atoms with Gasteiger partial charge >= 0.3 is 0 Å². The topological polar surface area (TPSA) is 70.3 Å². The predicted octanol–water partition coefficient (Wildman–Crippen LogP) is 2.81. The standard InChI is InChI=1S/C13H23N3O2/c1-3-4-5-6-7-8-9-18-13-11(14)12(17-2)15-10-16-13/h10H,3-9,14H2,1-2H3. The molecule has 0 aliphatic heterocycles. The minimum Gasteiger partial charge on any atom is -0.479 e. The number of unbranched alkanes of at least 4 members (excludes halogenated alkanes) is 5. The van der Waals surface area contributed by atoms with Gasteiger partial charge in [0.15, 0.2) is 5.69 Å². The number of hydrogen-bond acceptors (Lipinski definition) is 5. The molecule has 5 heteroatoms. The van der Waals surface area contributed by atoms with Crippen LogP contribution in [0.2, 0.25) is 0 Å². The van der Waals surface area contributed by atoms with Crippen molar-refractivity contribution in [2.75, 3.05) is 19.5 Å². The van der Waals surface area contributed by atoms with Gasteiger partial charge in [0, 0.05) is 0 Å². The molecule has 1 rings (SSSR count). The van der Waals surface area contributed by atoms with Crippen molar-refractivity contribution < 1.29 is 9.47 Å². The van der Waals surface area contributed by atoms with E-state index in [2.05, 4.69) is 16.9 Å². The second kappa shape index (κ2) is 8.55. The highest BCUT2D eigenvalue weighted by Gasteiger charge is 2.08. The number of aromatic nitrogens is 2. The van der Waals surface area contributed by atoms with Gasteiger partial charge in [-0.3, -0.25) is 0 Å². The molecule has 0 radical (unpaired) electrons. The lowest BCUT2D eigenvalue weighted by Gasteiger charge is -2.09. The van der Waals surface area contributed by atoms with E-state index < -0.39 is 0 Å².